The Morgan fingerprint density at radius 2 is 2.15 bits per heavy atom. The number of thiophene rings is 1. The highest BCUT2D eigenvalue weighted by atomic mass is 32.1. The van der Waals surface area contributed by atoms with Crippen LogP contribution >= 0.6 is 11.3 Å². The van der Waals surface area contributed by atoms with Gasteiger partial charge in [0.15, 0.2) is 0 Å². The molecule has 0 aliphatic heterocycles. The predicted molar refractivity (Wildman–Crippen MR) is 70.8 cm³/mol. The van der Waals surface area contributed by atoms with Gasteiger partial charge < -0.3 is 9.84 Å². The van der Waals surface area contributed by atoms with Crippen LogP contribution in [-0.2, 0) is 0 Å². The van der Waals surface area contributed by atoms with Gasteiger partial charge in [-0.05, 0) is 23.6 Å². The number of hydrogen-bond donors (Lipinski definition) is 1. The standard InChI is InChI=1S/C13H7FN2O3S/c14-7-1-2-8(13(17)18)10(5-7)19-12-11-9(3-4-20-11)15-6-16-12/h1-6H,(H,17,18). The van der Waals surface area contributed by atoms with Crippen molar-refractivity contribution in [2.45, 2.75) is 0 Å². The van der Waals surface area contributed by atoms with Crippen molar-refractivity contribution in [1.82, 2.24) is 9.97 Å². The highest BCUT2D eigenvalue weighted by Gasteiger charge is 2.15. The van der Waals surface area contributed by atoms with E-state index >= 15 is 0 Å². The molecule has 1 N–H and O–H groups in total. The highest BCUT2D eigenvalue weighted by Crippen LogP contribution is 2.32. The number of rotatable bonds is 3. The van der Waals surface area contributed by atoms with Gasteiger partial charge in [-0.2, -0.15) is 0 Å². The number of carbonyl (C=O) groups is 1. The number of halogens is 1. The second-order valence-corrected chi connectivity index (χ2v) is 4.78. The fourth-order valence-corrected chi connectivity index (χ4v) is 2.47. The molecule has 0 unspecified atom stereocenters. The first-order valence-corrected chi connectivity index (χ1v) is 6.42. The summed E-state index contributed by atoms with van der Waals surface area (Å²) in [4.78, 5) is 19.1. The Hall–Kier alpha value is -2.54. The number of aromatic carboxylic acids is 1. The monoisotopic (exact) mass is 290 g/mol. The minimum absolute atomic E-state index is 0.0918. The highest BCUT2D eigenvalue weighted by molar-refractivity contribution is 7.17. The molecule has 2 aromatic heterocycles. The lowest BCUT2D eigenvalue weighted by atomic mass is 10.2. The summed E-state index contributed by atoms with van der Waals surface area (Å²) in [6, 6.07) is 5.03. The van der Waals surface area contributed by atoms with Crippen LogP contribution in [0.4, 0.5) is 4.39 Å². The molecular weight excluding hydrogens is 283 g/mol. The maximum absolute atomic E-state index is 13.3. The van der Waals surface area contributed by atoms with Crippen molar-refractivity contribution in [3.05, 3.63) is 47.4 Å². The summed E-state index contributed by atoms with van der Waals surface area (Å²) in [6.45, 7) is 0. The van der Waals surface area contributed by atoms with E-state index in [9.17, 15) is 9.18 Å². The molecule has 0 aliphatic carbocycles. The first kappa shape index (κ1) is 12.5. The van der Waals surface area contributed by atoms with Gasteiger partial charge in [-0.1, -0.05) is 0 Å². The molecule has 0 radical (unpaired) electrons. The van der Waals surface area contributed by atoms with E-state index in [-0.39, 0.29) is 17.2 Å². The Bertz CT molecular complexity index is 803. The van der Waals surface area contributed by atoms with Crippen LogP contribution in [-0.4, -0.2) is 21.0 Å². The van der Waals surface area contributed by atoms with Crippen molar-refractivity contribution < 1.29 is 19.0 Å². The number of hydrogen-bond acceptors (Lipinski definition) is 5. The largest absolute Gasteiger partial charge is 0.478 e. The third-order valence-electron chi connectivity index (χ3n) is 2.59. The fourth-order valence-electron chi connectivity index (χ4n) is 1.70. The summed E-state index contributed by atoms with van der Waals surface area (Å²) in [5, 5.41) is 10.9. The van der Waals surface area contributed by atoms with Gasteiger partial charge in [-0.15, -0.1) is 11.3 Å². The lowest BCUT2D eigenvalue weighted by molar-refractivity contribution is 0.0694. The number of fused-ring (bicyclic) bond motifs is 1. The van der Waals surface area contributed by atoms with Gasteiger partial charge in [-0.25, -0.2) is 19.2 Å². The topological polar surface area (TPSA) is 72.3 Å². The number of nitrogens with zero attached hydrogens (tertiary/aromatic N) is 2. The molecule has 0 amide bonds. The first-order valence-electron chi connectivity index (χ1n) is 5.54. The normalized spacial score (nSPS) is 10.7. The zero-order chi connectivity index (χ0) is 14.1. The molecule has 3 aromatic rings. The first-order chi connectivity index (χ1) is 9.65. The molecule has 20 heavy (non-hydrogen) atoms. The van der Waals surface area contributed by atoms with E-state index < -0.39 is 11.8 Å². The molecule has 0 fully saturated rings. The van der Waals surface area contributed by atoms with E-state index in [0.29, 0.717) is 10.2 Å². The summed E-state index contributed by atoms with van der Waals surface area (Å²) in [6.07, 6.45) is 1.31. The van der Waals surface area contributed by atoms with E-state index in [1.807, 2.05) is 5.38 Å². The maximum atomic E-state index is 13.3. The van der Waals surface area contributed by atoms with Crippen LogP contribution in [0.5, 0.6) is 11.6 Å². The Morgan fingerprint density at radius 1 is 1.30 bits per heavy atom. The van der Waals surface area contributed by atoms with Crippen LogP contribution in [0.15, 0.2) is 36.0 Å². The third-order valence-corrected chi connectivity index (χ3v) is 3.48. The zero-order valence-electron chi connectivity index (χ0n) is 9.91. The minimum atomic E-state index is -1.20. The van der Waals surface area contributed by atoms with Gasteiger partial charge >= 0.3 is 5.97 Å². The Balaban J connectivity index is 2.09. The number of ether oxygens (including phenoxy) is 1. The van der Waals surface area contributed by atoms with Crippen LogP contribution in [0.1, 0.15) is 10.4 Å². The van der Waals surface area contributed by atoms with Crippen LogP contribution in [0.25, 0.3) is 10.2 Å². The Kier molecular flexibility index (Phi) is 3.03. The van der Waals surface area contributed by atoms with Gasteiger partial charge in [0.25, 0.3) is 0 Å². The van der Waals surface area contributed by atoms with Crippen LogP contribution in [0.3, 0.4) is 0 Å². The van der Waals surface area contributed by atoms with E-state index in [2.05, 4.69) is 9.97 Å². The molecule has 0 bridgehead atoms. The molecule has 7 heteroatoms. The third kappa shape index (κ3) is 2.19. The number of carboxylic acids is 1. The molecule has 1 aromatic carbocycles. The average molecular weight is 290 g/mol. The lowest BCUT2D eigenvalue weighted by Crippen LogP contribution is -2.01. The molecule has 5 nitrogen and oxygen atoms in total. The summed E-state index contributed by atoms with van der Waals surface area (Å²) in [5.74, 6) is -1.66. The lowest BCUT2D eigenvalue weighted by Gasteiger charge is -2.08. The molecule has 0 saturated heterocycles. The molecule has 3 rings (SSSR count). The van der Waals surface area contributed by atoms with Crippen molar-refractivity contribution in [3.8, 4) is 11.6 Å². The van der Waals surface area contributed by atoms with E-state index in [0.717, 1.165) is 18.2 Å². The minimum Gasteiger partial charge on any atom is -0.478 e. The van der Waals surface area contributed by atoms with E-state index in [1.165, 1.54) is 17.7 Å². The number of benzene rings is 1. The molecule has 2 heterocycles. The average Bonchev–Trinajstić information content (AvgIpc) is 2.88. The predicted octanol–water partition coefficient (Wildman–Crippen LogP) is 3.32. The van der Waals surface area contributed by atoms with Crippen molar-refractivity contribution in [2.24, 2.45) is 0 Å². The second-order valence-electron chi connectivity index (χ2n) is 3.86. The van der Waals surface area contributed by atoms with Crippen molar-refractivity contribution >= 4 is 27.5 Å². The van der Waals surface area contributed by atoms with Gasteiger partial charge in [0, 0.05) is 6.07 Å². The van der Waals surface area contributed by atoms with Crippen LogP contribution < -0.4 is 4.74 Å². The molecular formula is C13H7FN2O3S. The van der Waals surface area contributed by atoms with Crippen LogP contribution in [0.2, 0.25) is 0 Å². The van der Waals surface area contributed by atoms with E-state index in [4.69, 9.17) is 9.84 Å². The van der Waals surface area contributed by atoms with E-state index in [1.54, 1.807) is 6.07 Å². The van der Waals surface area contributed by atoms with Gasteiger partial charge in [0.2, 0.25) is 5.88 Å². The molecule has 0 aliphatic rings. The van der Waals surface area contributed by atoms with Gasteiger partial charge in [-0.3, -0.25) is 0 Å². The molecule has 0 atom stereocenters. The summed E-state index contributed by atoms with van der Waals surface area (Å²) < 4.78 is 19.4. The van der Waals surface area contributed by atoms with Crippen molar-refractivity contribution in [2.75, 3.05) is 0 Å². The quantitative estimate of drug-likeness (QED) is 0.801. The summed E-state index contributed by atoms with van der Waals surface area (Å²) >= 11 is 1.36. The Morgan fingerprint density at radius 3 is 2.95 bits per heavy atom. The van der Waals surface area contributed by atoms with Crippen molar-refractivity contribution in [3.63, 3.8) is 0 Å². The zero-order valence-corrected chi connectivity index (χ0v) is 10.7. The number of aromatic nitrogens is 2. The molecule has 0 spiro atoms. The smallest absolute Gasteiger partial charge is 0.339 e. The van der Waals surface area contributed by atoms with Gasteiger partial charge in [0.1, 0.15) is 28.2 Å². The SMILES string of the molecule is O=C(O)c1ccc(F)cc1Oc1ncnc2ccsc12. The fraction of sp³-hybridized carbons (Fsp3) is 0. The summed E-state index contributed by atoms with van der Waals surface area (Å²) in [7, 11) is 0. The molecule has 100 valence electrons. The number of carboxylic acid groups (broad SMARTS) is 1. The Labute approximate surface area is 116 Å². The summed E-state index contributed by atoms with van der Waals surface area (Å²) in [5.41, 5.74) is 0.558. The van der Waals surface area contributed by atoms with Crippen LogP contribution in [0, 0.1) is 5.82 Å². The van der Waals surface area contributed by atoms with Gasteiger partial charge in [0.05, 0.1) is 5.52 Å². The maximum Gasteiger partial charge on any atom is 0.339 e. The van der Waals surface area contributed by atoms with Crippen molar-refractivity contribution in [1.29, 1.82) is 0 Å². The second kappa shape index (κ2) is 4.86. The molecule has 0 saturated carbocycles.